The van der Waals surface area contributed by atoms with Crippen LogP contribution in [0.2, 0.25) is 0 Å². The van der Waals surface area contributed by atoms with Crippen molar-refractivity contribution in [2.45, 2.75) is 121 Å². The van der Waals surface area contributed by atoms with Gasteiger partial charge in [-0.25, -0.2) is 0 Å². The van der Waals surface area contributed by atoms with Crippen molar-refractivity contribution in [3.8, 4) is 0 Å². The summed E-state index contributed by atoms with van der Waals surface area (Å²) in [6, 6.07) is 0. The Bertz CT molecular complexity index is 601. The monoisotopic (exact) mass is 600 g/mol. The van der Waals surface area contributed by atoms with Crippen LogP contribution >= 0.6 is 7.26 Å². The zero-order valence-corrected chi connectivity index (χ0v) is 30.7. The van der Waals surface area contributed by atoms with Crippen molar-refractivity contribution >= 4 is 19.1 Å². The van der Waals surface area contributed by atoms with E-state index in [4.69, 9.17) is 0 Å². The molecular weight excluding hydrogens is 525 g/mol. The van der Waals surface area contributed by atoms with E-state index >= 15 is 0 Å². The second kappa shape index (κ2) is 22.8. The van der Waals surface area contributed by atoms with E-state index in [2.05, 4.69) is 90.9 Å². The molecule has 0 aromatic carbocycles. The molecule has 0 aliphatic carbocycles. The molecule has 0 aromatic rings. The summed E-state index contributed by atoms with van der Waals surface area (Å²) in [6.45, 7) is 29.2. The van der Waals surface area contributed by atoms with Crippen LogP contribution in [0.3, 0.4) is 0 Å². The van der Waals surface area contributed by atoms with Crippen LogP contribution in [0.25, 0.3) is 0 Å². The van der Waals surface area contributed by atoms with Gasteiger partial charge in [0.2, 0.25) is 0 Å². The van der Waals surface area contributed by atoms with E-state index in [9.17, 15) is 9.59 Å². The Hall–Kier alpha value is -0.670. The molecule has 0 aliphatic rings. The first-order chi connectivity index (χ1) is 19.3. The topological polar surface area (TPSA) is 43.9 Å². The van der Waals surface area contributed by atoms with Crippen LogP contribution in [-0.2, 0) is 9.59 Å². The molecule has 5 nitrogen and oxygen atoms in total. The first-order valence-electron chi connectivity index (χ1n) is 17.6. The van der Waals surface area contributed by atoms with Crippen LogP contribution in [0.1, 0.15) is 121 Å². The van der Waals surface area contributed by atoms with Crippen LogP contribution in [-0.4, -0.2) is 97.0 Å². The number of nitrogens with zero attached hydrogens (tertiary/aromatic N) is 3. The summed E-state index contributed by atoms with van der Waals surface area (Å²) in [5, 5.41) is 0. The molecule has 0 saturated carbocycles. The summed E-state index contributed by atoms with van der Waals surface area (Å²) in [5.74, 6) is 2.10. The standard InChI is InChI=1S/C35H74N3O2P/c1-12-15-20-41(21-16-13-2,22-17-14-3)23-18-19-36(28-34(39)37(24-30(4)5)25-31(6)7)29-35(40)38(26-32(8)9)27-33(10)11/h30-33,41H,12-29H2,1-11H3. The van der Waals surface area contributed by atoms with E-state index in [0.29, 0.717) is 36.8 Å². The van der Waals surface area contributed by atoms with Gasteiger partial charge in [-0.05, 0) is 0 Å². The van der Waals surface area contributed by atoms with Crippen LogP contribution in [0, 0.1) is 23.7 Å². The normalized spacial score (nSPS) is 12.8. The Morgan fingerprint density at radius 1 is 0.512 bits per heavy atom. The molecule has 41 heavy (non-hydrogen) atoms. The molecule has 6 heteroatoms. The molecule has 0 atom stereocenters. The molecule has 2 amide bonds. The SMILES string of the molecule is CCCC[PH](CCCC)(CCCC)CCCN(CC(=O)N(CC(C)C)CC(C)C)CC(=O)N(CC(C)C)CC(C)C. The number of amides is 2. The van der Waals surface area contributed by atoms with Crippen LogP contribution < -0.4 is 0 Å². The quantitative estimate of drug-likeness (QED) is 0.0996. The fourth-order valence-corrected chi connectivity index (χ4v) is 11.9. The predicted molar refractivity (Wildman–Crippen MR) is 186 cm³/mol. The van der Waals surface area contributed by atoms with Gasteiger partial charge in [0.25, 0.3) is 0 Å². The molecule has 0 unspecified atom stereocenters. The average molecular weight is 600 g/mol. The van der Waals surface area contributed by atoms with E-state index < -0.39 is 7.26 Å². The molecule has 246 valence electrons. The van der Waals surface area contributed by atoms with Gasteiger partial charge in [-0.15, -0.1) is 0 Å². The molecule has 0 spiro atoms. The van der Waals surface area contributed by atoms with Crippen molar-refractivity contribution in [2.24, 2.45) is 23.7 Å². The molecule has 0 bridgehead atoms. The van der Waals surface area contributed by atoms with Crippen molar-refractivity contribution in [1.82, 2.24) is 14.7 Å². The number of hydrogen-bond acceptors (Lipinski definition) is 3. The first kappa shape index (κ1) is 40.3. The molecule has 0 heterocycles. The fraction of sp³-hybridized carbons (Fsp3) is 0.943. The number of carbonyl (C=O) groups is 2. The van der Waals surface area contributed by atoms with Gasteiger partial charge in [-0.2, -0.15) is 0 Å². The number of carbonyl (C=O) groups excluding carboxylic acids is 2. The Morgan fingerprint density at radius 2 is 0.805 bits per heavy atom. The van der Waals surface area contributed by atoms with Gasteiger partial charge >= 0.3 is 259 Å². The maximum atomic E-state index is 13.7. The second-order valence-corrected chi connectivity index (χ2v) is 19.8. The Kier molecular flexibility index (Phi) is 22.4. The van der Waals surface area contributed by atoms with E-state index in [0.717, 1.165) is 39.1 Å². The zero-order valence-electron chi connectivity index (χ0n) is 29.7. The van der Waals surface area contributed by atoms with Gasteiger partial charge in [0, 0.05) is 0 Å². The van der Waals surface area contributed by atoms with Gasteiger partial charge < -0.3 is 0 Å². The van der Waals surface area contributed by atoms with E-state index in [-0.39, 0.29) is 11.8 Å². The van der Waals surface area contributed by atoms with Crippen molar-refractivity contribution in [2.75, 3.05) is 70.5 Å². The van der Waals surface area contributed by atoms with Gasteiger partial charge in [0.15, 0.2) is 0 Å². The minimum absolute atomic E-state index is 0.186. The summed E-state index contributed by atoms with van der Waals surface area (Å²) in [5.41, 5.74) is 0. The van der Waals surface area contributed by atoms with Gasteiger partial charge in [0.1, 0.15) is 0 Å². The van der Waals surface area contributed by atoms with Crippen molar-refractivity contribution in [3.63, 3.8) is 0 Å². The van der Waals surface area contributed by atoms with Crippen molar-refractivity contribution < 1.29 is 9.59 Å². The van der Waals surface area contributed by atoms with Crippen LogP contribution in [0.5, 0.6) is 0 Å². The Morgan fingerprint density at radius 3 is 1.07 bits per heavy atom. The Balaban J connectivity index is 5.92. The molecule has 0 saturated heterocycles. The number of hydrogen-bond donors (Lipinski definition) is 0. The van der Waals surface area contributed by atoms with Crippen molar-refractivity contribution in [1.29, 1.82) is 0 Å². The summed E-state index contributed by atoms with van der Waals surface area (Å²) in [7, 11) is -1.35. The predicted octanol–water partition coefficient (Wildman–Crippen LogP) is 8.11. The summed E-state index contributed by atoms with van der Waals surface area (Å²) in [6.07, 6.45) is 14.7. The third-order valence-electron chi connectivity index (χ3n) is 8.13. The summed E-state index contributed by atoms with van der Waals surface area (Å²) >= 11 is 0. The molecular formula is C35H74N3O2P. The van der Waals surface area contributed by atoms with Crippen LogP contribution in [0.4, 0.5) is 0 Å². The third-order valence-corrected chi connectivity index (χ3v) is 13.8. The van der Waals surface area contributed by atoms with E-state index in [1.165, 1.54) is 63.2 Å². The van der Waals surface area contributed by atoms with E-state index in [1.54, 1.807) is 0 Å². The first-order valence-corrected chi connectivity index (χ1v) is 20.4. The maximum absolute atomic E-state index is 13.7. The molecule has 0 aromatic heterocycles. The summed E-state index contributed by atoms with van der Waals surface area (Å²) < 4.78 is 0. The zero-order chi connectivity index (χ0) is 31.4. The number of rotatable bonds is 25. The van der Waals surface area contributed by atoms with Gasteiger partial charge in [-0.3, -0.25) is 0 Å². The summed E-state index contributed by atoms with van der Waals surface area (Å²) in [4.78, 5) is 33.7. The Labute approximate surface area is 258 Å². The molecule has 0 fully saturated rings. The second-order valence-electron chi connectivity index (χ2n) is 14.8. The minimum atomic E-state index is -1.35. The third kappa shape index (κ3) is 19.3. The molecule has 0 N–H and O–H groups in total. The molecule has 0 rings (SSSR count). The molecule has 0 radical (unpaired) electrons. The average Bonchev–Trinajstić information content (AvgIpc) is 2.87. The van der Waals surface area contributed by atoms with Gasteiger partial charge in [0.05, 0.1) is 0 Å². The molecule has 0 aliphatic heterocycles. The fourth-order valence-electron chi connectivity index (χ4n) is 6.20. The van der Waals surface area contributed by atoms with Gasteiger partial charge in [-0.1, -0.05) is 0 Å². The van der Waals surface area contributed by atoms with Crippen LogP contribution in [0.15, 0.2) is 0 Å². The van der Waals surface area contributed by atoms with E-state index in [1.807, 2.05) is 0 Å². The number of unbranched alkanes of at least 4 members (excludes halogenated alkanes) is 3. The van der Waals surface area contributed by atoms with Crippen molar-refractivity contribution in [3.05, 3.63) is 0 Å².